The van der Waals surface area contributed by atoms with Gasteiger partial charge >= 0.3 is 12.1 Å². The predicted octanol–water partition coefficient (Wildman–Crippen LogP) is 4.29. The smallest absolute Gasteiger partial charge is 0.410 e. The Morgan fingerprint density at radius 2 is 1.90 bits per heavy atom. The molecule has 1 N–H and O–H groups in total. The van der Waals surface area contributed by atoms with Crippen molar-refractivity contribution in [2.24, 2.45) is 5.92 Å². The number of aromatic nitrogens is 1. The van der Waals surface area contributed by atoms with Crippen LogP contribution in [0.4, 0.5) is 9.93 Å². The number of nitrogens with one attached hydrogen (secondary N) is 1. The number of anilines is 1. The minimum Gasteiger partial charge on any atom is -0.467 e. The first-order valence-corrected chi connectivity index (χ1v) is 15.0. The SMILES string of the molecule is COC(=O)[C@@H]1C[C@@H]2CN1C(=O)[C@H](C1CCCC1)Nc1nc(cs1)CCCCc1cccc3c1CN(C3)C(=O)O2. The van der Waals surface area contributed by atoms with E-state index >= 15 is 0 Å². The molecule has 2 amide bonds. The highest BCUT2D eigenvalue weighted by molar-refractivity contribution is 7.13. The highest BCUT2D eigenvalue weighted by Crippen LogP contribution is 2.34. The van der Waals surface area contributed by atoms with Crippen molar-refractivity contribution >= 4 is 34.4 Å². The Hall–Kier alpha value is -3.14. The van der Waals surface area contributed by atoms with Crippen molar-refractivity contribution in [2.75, 3.05) is 19.0 Å². The number of benzene rings is 1. The average Bonchev–Trinajstić information content (AvgIpc) is 3.75. The van der Waals surface area contributed by atoms with Crippen LogP contribution in [-0.4, -0.2) is 64.6 Å². The fourth-order valence-corrected chi connectivity index (χ4v) is 7.43. The summed E-state index contributed by atoms with van der Waals surface area (Å²) in [7, 11) is 1.33. The van der Waals surface area contributed by atoms with Crippen molar-refractivity contribution in [1.29, 1.82) is 0 Å². The highest BCUT2D eigenvalue weighted by Gasteiger charge is 2.46. The molecule has 2 aromatic rings. The minimum absolute atomic E-state index is 0.149. The van der Waals surface area contributed by atoms with Gasteiger partial charge in [-0.1, -0.05) is 31.0 Å². The zero-order valence-electron chi connectivity index (χ0n) is 22.4. The molecule has 10 heteroatoms. The van der Waals surface area contributed by atoms with Gasteiger partial charge in [-0.2, -0.15) is 0 Å². The Bertz CT molecular complexity index is 1240. The summed E-state index contributed by atoms with van der Waals surface area (Å²) in [6, 6.07) is 5.03. The van der Waals surface area contributed by atoms with E-state index in [0.717, 1.165) is 67.8 Å². The number of esters is 1. The first-order valence-electron chi connectivity index (χ1n) is 14.1. The van der Waals surface area contributed by atoms with Crippen LogP contribution in [0, 0.1) is 5.92 Å². The zero-order chi connectivity index (χ0) is 26.9. The van der Waals surface area contributed by atoms with E-state index in [1.165, 1.54) is 29.6 Å². The van der Waals surface area contributed by atoms with Crippen molar-refractivity contribution in [3.8, 4) is 0 Å². The molecular weight excluding hydrogens is 516 g/mol. The van der Waals surface area contributed by atoms with Gasteiger partial charge < -0.3 is 19.7 Å². The molecule has 0 unspecified atom stereocenters. The summed E-state index contributed by atoms with van der Waals surface area (Å²) in [5, 5.41) is 6.27. The summed E-state index contributed by atoms with van der Waals surface area (Å²) in [4.78, 5) is 48.2. The molecule has 1 aliphatic carbocycles. The van der Waals surface area contributed by atoms with Gasteiger partial charge in [0.2, 0.25) is 5.91 Å². The molecule has 0 radical (unpaired) electrons. The number of carbonyl (C=O) groups excluding carboxylic acids is 3. The Kier molecular flexibility index (Phi) is 7.47. The van der Waals surface area contributed by atoms with E-state index < -0.39 is 30.3 Å². The standard InChI is InChI=1S/C29H36N4O5S/c1-37-27(35)24-13-22-15-33(24)26(34)25(19-8-2-3-9-19)31-28-30-21(17-39-28)12-5-4-7-18-10-6-11-20-14-32(16-23(18)20)29(36)38-22/h6,10-11,17,19,22,24-25H,2-5,7-9,12-16H2,1H3,(H,30,31)/t22-,24+,25+/m1/s1. The number of rotatable bonds is 2. The maximum absolute atomic E-state index is 14.1. The van der Waals surface area contributed by atoms with Crippen LogP contribution in [-0.2, 0) is 45.0 Å². The molecule has 6 rings (SSSR count). The Labute approximate surface area is 232 Å². The van der Waals surface area contributed by atoms with Crippen molar-refractivity contribution in [3.63, 3.8) is 0 Å². The van der Waals surface area contributed by atoms with E-state index in [1.807, 2.05) is 0 Å². The van der Waals surface area contributed by atoms with E-state index in [2.05, 4.69) is 28.9 Å². The van der Waals surface area contributed by atoms with Gasteiger partial charge in [0.05, 0.1) is 19.3 Å². The molecule has 4 aliphatic rings. The molecule has 3 atom stereocenters. The van der Waals surface area contributed by atoms with E-state index in [9.17, 15) is 14.4 Å². The molecule has 4 heterocycles. The van der Waals surface area contributed by atoms with Crippen molar-refractivity contribution in [2.45, 2.75) is 89.1 Å². The number of fused-ring (bicyclic) bond motifs is 5. The maximum Gasteiger partial charge on any atom is 0.410 e. The number of thiazole rings is 1. The number of methoxy groups -OCH3 is 1. The number of nitrogens with zero attached hydrogens (tertiary/aromatic N) is 3. The Morgan fingerprint density at radius 1 is 1.10 bits per heavy atom. The molecule has 6 bridgehead atoms. The third-order valence-corrected chi connectivity index (χ3v) is 9.54. The third kappa shape index (κ3) is 5.35. The average molecular weight is 553 g/mol. The number of carbonyl (C=O) groups is 3. The number of hydrogen-bond donors (Lipinski definition) is 1. The molecule has 9 nitrogen and oxygen atoms in total. The van der Waals surface area contributed by atoms with Crippen LogP contribution in [0.3, 0.4) is 0 Å². The summed E-state index contributed by atoms with van der Waals surface area (Å²) in [5.41, 5.74) is 4.69. The zero-order valence-corrected chi connectivity index (χ0v) is 23.2. The lowest BCUT2D eigenvalue weighted by Crippen LogP contribution is -2.50. The highest BCUT2D eigenvalue weighted by atomic mass is 32.1. The van der Waals surface area contributed by atoms with Crippen LogP contribution in [0.2, 0.25) is 0 Å². The van der Waals surface area contributed by atoms with E-state index in [-0.39, 0.29) is 24.8 Å². The molecule has 1 saturated heterocycles. The number of hydrogen-bond acceptors (Lipinski definition) is 8. The maximum atomic E-state index is 14.1. The first-order chi connectivity index (χ1) is 19.0. The monoisotopic (exact) mass is 552 g/mol. The number of amides is 2. The van der Waals surface area contributed by atoms with Gasteiger partial charge in [0.25, 0.3) is 0 Å². The second-order valence-electron chi connectivity index (χ2n) is 11.2. The summed E-state index contributed by atoms with van der Waals surface area (Å²) < 4.78 is 11.0. The molecule has 2 fully saturated rings. The Balaban J connectivity index is 1.30. The van der Waals surface area contributed by atoms with Gasteiger partial charge in [-0.3, -0.25) is 9.69 Å². The number of aryl methyl sites for hydroxylation is 2. The van der Waals surface area contributed by atoms with Gasteiger partial charge in [-0.05, 0) is 61.1 Å². The van der Waals surface area contributed by atoms with E-state index in [4.69, 9.17) is 14.5 Å². The second-order valence-corrected chi connectivity index (χ2v) is 12.1. The quantitative estimate of drug-likeness (QED) is 0.555. The van der Waals surface area contributed by atoms with Gasteiger partial charge in [-0.15, -0.1) is 11.3 Å². The van der Waals surface area contributed by atoms with Gasteiger partial charge in [-0.25, -0.2) is 14.6 Å². The normalized spacial score (nSPS) is 26.0. The fourth-order valence-electron chi connectivity index (χ4n) is 6.65. The van der Waals surface area contributed by atoms with Crippen LogP contribution in [0.25, 0.3) is 0 Å². The Morgan fingerprint density at radius 3 is 2.72 bits per heavy atom. The molecule has 3 aliphatic heterocycles. The largest absolute Gasteiger partial charge is 0.467 e. The topological polar surface area (TPSA) is 101 Å². The van der Waals surface area contributed by atoms with Crippen LogP contribution in [0.1, 0.15) is 67.3 Å². The third-order valence-electron chi connectivity index (χ3n) is 8.72. The van der Waals surface area contributed by atoms with Crippen molar-refractivity contribution < 1.29 is 23.9 Å². The molecule has 208 valence electrons. The molecule has 0 spiro atoms. The van der Waals surface area contributed by atoms with Crippen LogP contribution in [0.5, 0.6) is 0 Å². The molecular formula is C29H36N4O5S. The van der Waals surface area contributed by atoms with Crippen LogP contribution in [0.15, 0.2) is 23.6 Å². The summed E-state index contributed by atoms with van der Waals surface area (Å²) in [6.07, 6.45) is 7.21. The lowest BCUT2D eigenvalue weighted by Gasteiger charge is -2.30. The van der Waals surface area contributed by atoms with Crippen molar-refractivity contribution in [1.82, 2.24) is 14.8 Å². The van der Waals surface area contributed by atoms with E-state index in [0.29, 0.717) is 13.1 Å². The minimum atomic E-state index is -0.786. The summed E-state index contributed by atoms with van der Waals surface area (Å²) >= 11 is 1.53. The summed E-state index contributed by atoms with van der Waals surface area (Å²) in [6.45, 7) is 1.20. The first kappa shape index (κ1) is 26.1. The lowest BCUT2D eigenvalue weighted by molar-refractivity contribution is -0.151. The van der Waals surface area contributed by atoms with E-state index in [1.54, 1.807) is 9.80 Å². The van der Waals surface area contributed by atoms with Gasteiger partial charge in [0.15, 0.2) is 5.13 Å². The second kappa shape index (κ2) is 11.2. The predicted molar refractivity (Wildman–Crippen MR) is 146 cm³/mol. The van der Waals surface area contributed by atoms with Gasteiger partial charge in [0.1, 0.15) is 18.2 Å². The van der Waals surface area contributed by atoms with Crippen molar-refractivity contribution in [3.05, 3.63) is 46.0 Å². The molecule has 1 aromatic carbocycles. The fraction of sp³-hybridized carbons (Fsp3) is 0.586. The van der Waals surface area contributed by atoms with Crippen LogP contribution < -0.4 is 5.32 Å². The number of ether oxygens (including phenoxy) is 2. The molecule has 39 heavy (non-hydrogen) atoms. The molecule has 1 saturated carbocycles. The lowest BCUT2D eigenvalue weighted by atomic mass is 9.96. The summed E-state index contributed by atoms with van der Waals surface area (Å²) in [5.74, 6) is -0.470. The molecule has 1 aromatic heterocycles. The van der Waals surface area contributed by atoms with Gasteiger partial charge in [0, 0.05) is 24.9 Å². The van der Waals surface area contributed by atoms with Crippen LogP contribution >= 0.6 is 11.3 Å².